The molecule has 8 heteroatoms. The number of benzene rings is 3. The lowest BCUT2D eigenvalue weighted by molar-refractivity contribution is 0.123. The molecule has 1 N–H and O–H groups in total. The number of piperidine rings is 1. The Morgan fingerprint density at radius 3 is 2.55 bits per heavy atom. The average Bonchev–Trinajstić information content (AvgIpc) is 3.77. The van der Waals surface area contributed by atoms with Crippen molar-refractivity contribution in [1.29, 1.82) is 5.26 Å². The number of pyridine rings is 1. The maximum absolute atomic E-state index is 9.89. The Hall–Kier alpha value is -3.38. The number of fused-ring (bicyclic) bond motifs is 1. The van der Waals surface area contributed by atoms with E-state index in [1.165, 1.54) is 62.3 Å². The van der Waals surface area contributed by atoms with Crippen molar-refractivity contribution in [1.82, 2.24) is 14.8 Å². The van der Waals surface area contributed by atoms with Gasteiger partial charge in [-0.1, -0.05) is 53.7 Å². The Bertz CT molecular complexity index is 1800. The molecule has 4 heterocycles. The third kappa shape index (κ3) is 6.51. The van der Waals surface area contributed by atoms with Gasteiger partial charge in [0.25, 0.3) is 0 Å². The van der Waals surface area contributed by atoms with Gasteiger partial charge >= 0.3 is 0 Å². The number of nitrogens with one attached hydrogen (secondary N) is 1. The van der Waals surface area contributed by atoms with Crippen LogP contribution in [0, 0.1) is 11.3 Å². The first-order chi connectivity index (χ1) is 21.6. The molecule has 0 amide bonds. The maximum atomic E-state index is 9.89. The summed E-state index contributed by atoms with van der Waals surface area (Å²) in [7, 11) is 0. The van der Waals surface area contributed by atoms with E-state index in [0.717, 1.165) is 50.2 Å². The van der Waals surface area contributed by atoms with Gasteiger partial charge in [0, 0.05) is 57.6 Å². The minimum Gasteiger partial charge on any atom is -0.354 e. The van der Waals surface area contributed by atoms with Crippen LogP contribution in [-0.2, 0) is 6.54 Å². The van der Waals surface area contributed by atoms with E-state index in [9.17, 15) is 5.26 Å². The van der Waals surface area contributed by atoms with Gasteiger partial charge in [0.1, 0.15) is 6.07 Å². The van der Waals surface area contributed by atoms with E-state index in [2.05, 4.69) is 67.9 Å². The number of thiophene rings is 1. The Morgan fingerprint density at radius 2 is 1.77 bits per heavy atom. The van der Waals surface area contributed by atoms with Gasteiger partial charge in [0.15, 0.2) is 0 Å². The van der Waals surface area contributed by atoms with Gasteiger partial charge in [-0.2, -0.15) is 5.26 Å². The van der Waals surface area contributed by atoms with Gasteiger partial charge in [0.05, 0.1) is 21.8 Å². The standard InChI is InChI=1S/C36H34ClN5S2/c37-33-20-28(9-11-35(33)44-30-6-2-1-3-7-30)40-36-27(21-38)22-39-34-19-25(8-10-32(34)36)26-18-31(43-24-26)23-41-16-12-29(13-17-41)42-14-4-5-15-42/h1-3,6-11,18-20,22,24,29H,4-5,12-17,23H2,(H,39,40). The van der Waals surface area contributed by atoms with Crippen molar-refractivity contribution in [2.24, 2.45) is 0 Å². The summed E-state index contributed by atoms with van der Waals surface area (Å²) in [6.45, 7) is 5.99. The van der Waals surface area contributed by atoms with E-state index in [4.69, 9.17) is 11.6 Å². The molecule has 0 atom stereocenters. The fraction of sp³-hybridized carbons (Fsp3) is 0.278. The van der Waals surface area contributed by atoms with Crippen molar-refractivity contribution in [3.8, 4) is 17.2 Å². The van der Waals surface area contributed by atoms with Crippen LogP contribution in [0.3, 0.4) is 0 Å². The second-order valence-electron chi connectivity index (χ2n) is 11.6. The SMILES string of the molecule is N#Cc1cnc2cc(-c3csc(CN4CCC(N5CCCC5)CC4)c3)ccc2c1Nc1ccc(Sc2ccccc2)c(Cl)c1. The van der Waals surface area contributed by atoms with Crippen LogP contribution in [0.5, 0.6) is 0 Å². The fourth-order valence-electron chi connectivity index (χ4n) is 6.40. The van der Waals surface area contributed by atoms with Crippen LogP contribution in [0.4, 0.5) is 11.4 Å². The quantitative estimate of drug-likeness (QED) is 0.183. The zero-order valence-electron chi connectivity index (χ0n) is 24.5. The minimum absolute atomic E-state index is 0.496. The summed E-state index contributed by atoms with van der Waals surface area (Å²) in [6.07, 6.45) is 6.98. The predicted octanol–water partition coefficient (Wildman–Crippen LogP) is 9.44. The molecule has 0 aliphatic carbocycles. The van der Waals surface area contributed by atoms with Crippen LogP contribution < -0.4 is 5.32 Å². The van der Waals surface area contributed by atoms with Crippen molar-refractivity contribution in [2.75, 3.05) is 31.5 Å². The normalized spacial score (nSPS) is 16.4. The van der Waals surface area contributed by atoms with Gasteiger partial charge in [0.2, 0.25) is 0 Å². The molecule has 3 aromatic carbocycles. The first-order valence-electron chi connectivity index (χ1n) is 15.3. The van der Waals surface area contributed by atoms with Crippen LogP contribution in [-0.4, -0.2) is 47.0 Å². The highest BCUT2D eigenvalue weighted by atomic mass is 35.5. The molecule has 0 bridgehead atoms. The molecule has 0 saturated carbocycles. The summed E-state index contributed by atoms with van der Waals surface area (Å²) in [5, 5.41) is 17.2. The number of rotatable bonds is 8. The third-order valence-corrected chi connectivity index (χ3v) is 11.2. The van der Waals surface area contributed by atoms with E-state index < -0.39 is 0 Å². The summed E-state index contributed by atoms with van der Waals surface area (Å²) >= 11 is 10.2. The smallest absolute Gasteiger partial charge is 0.103 e. The van der Waals surface area contributed by atoms with Crippen molar-refractivity contribution in [3.05, 3.63) is 99.8 Å². The number of hydrogen-bond acceptors (Lipinski definition) is 7. The topological polar surface area (TPSA) is 55.2 Å². The molecule has 7 rings (SSSR count). The summed E-state index contributed by atoms with van der Waals surface area (Å²) in [5.41, 5.74) is 5.27. The highest BCUT2D eigenvalue weighted by Crippen LogP contribution is 2.37. The molecule has 2 saturated heterocycles. The molecule has 0 spiro atoms. The number of likely N-dealkylation sites (tertiary alicyclic amines) is 2. The Labute approximate surface area is 272 Å². The molecule has 0 unspecified atom stereocenters. The summed E-state index contributed by atoms with van der Waals surface area (Å²) in [6, 6.07) is 27.9. The third-order valence-electron chi connectivity index (χ3n) is 8.74. The molecule has 2 aliphatic heterocycles. The lowest BCUT2D eigenvalue weighted by Gasteiger charge is -2.36. The lowest BCUT2D eigenvalue weighted by Crippen LogP contribution is -2.43. The first kappa shape index (κ1) is 29.3. The molecular formula is C36H34ClN5S2. The number of nitriles is 1. The zero-order valence-corrected chi connectivity index (χ0v) is 26.9. The fourth-order valence-corrected chi connectivity index (χ4v) is 8.47. The Balaban J connectivity index is 1.06. The number of halogens is 1. The van der Waals surface area contributed by atoms with Crippen LogP contribution >= 0.6 is 34.7 Å². The second-order valence-corrected chi connectivity index (χ2v) is 14.1. The molecule has 44 heavy (non-hydrogen) atoms. The zero-order chi connectivity index (χ0) is 29.9. The van der Waals surface area contributed by atoms with Crippen molar-refractivity contribution in [2.45, 2.75) is 48.1 Å². The predicted molar refractivity (Wildman–Crippen MR) is 184 cm³/mol. The van der Waals surface area contributed by atoms with Gasteiger partial charge < -0.3 is 10.2 Å². The van der Waals surface area contributed by atoms with Crippen molar-refractivity contribution < 1.29 is 0 Å². The maximum Gasteiger partial charge on any atom is 0.103 e. The highest BCUT2D eigenvalue weighted by Gasteiger charge is 2.26. The van der Waals surface area contributed by atoms with Gasteiger partial charge in [-0.15, -0.1) is 11.3 Å². The largest absolute Gasteiger partial charge is 0.354 e. The molecule has 2 aromatic heterocycles. The number of anilines is 2. The van der Waals surface area contributed by atoms with Crippen LogP contribution in [0.15, 0.2) is 94.2 Å². The van der Waals surface area contributed by atoms with E-state index in [0.29, 0.717) is 10.6 Å². The van der Waals surface area contributed by atoms with Gasteiger partial charge in [-0.3, -0.25) is 9.88 Å². The molecular weight excluding hydrogens is 602 g/mol. The first-order valence-corrected chi connectivity index (χ1v) is 17.4. The van der Waals surface area contributed by atoms with Crippen molar-refractivity contribution >= 4 is 57.0 Å². The van der Waals surface area contributed by atoms with Gasteiger partial charge in [-0.05, 0) is 97.7 Å². The van der Waals surface area contributed by atoms with Crippen LogP contribution in [0.25, 0.3) is 22.0 Å². The van der Waals surface area contributed by atoms with E-state index in [1.807, 2.05) is 47.7 Å². The second kappa shape index (κ2) is 13.3. The summed E-state index contributed by atoms with van der Waals surface area (Å²) in [4.78, 5) is 13.5. The Kier molecular flexibility index (Phi) is 8.88. The summed E-state index contributed by atoms with van der Waals surface area (Å²) < 4.78 is 0. The molecule has 0 radical (unpaired) electrons. The van der Waals surface area contributed by atoms with Crippen LogP contribution in [0.1, 0.15) is 36.1 Å². The van der Waals surface area contributed by atoms with Crippen molar-refractivity contribution in [3.63, 3.8) is 0 Å². The lowest BCUT2D eigenvalue weighted by atomic mass is 10.0. The summed E-state index contributed by atoms with van der Waals surface area (Å²) in [5.74, 6) is 0. The monoisotopic (exact) mass is 635 g/mol. The molecule has 5 aromatic rings. The average molecular weight is 636 g/mol. The molecule has 5 nitrogen and oxygen atoms in total. The minimum atomic E-state index is 0.496. The number of nitrogens with zero attached hydrogens (tertiary/aromatic N) is 4. The highest BCUT2D eigenvalue weighted by molar-refractivity contribution is 7.99. The van der Waals surface area contributed by atoms with E-state index >= 15 is 0 Å². The van der Waals surface area contributed by atoms with E-state index in [1.54, 1.807) is 18.0 Å². The van der Waals surface area contributed by atoms with Crippen LogP contribution in [0.2, 0.25) is 5.02 Å². The molecule has 2 fully saturated rings. The number of hydrogen-bond donors (Lipinski definition) is 1. The Morgan fingerprint density at radius 1 is 0.955 bits per heavy atom. The number of aromatic nitrogens is 1. The van der Waals surface area contributed by atoms with E-state index in [-0.39, 0.29) is 0 Å². The molecule has 2 aliphatic rings. The molecule has 222 valence electrons. The van der Waals surface area contributed by atoms with Gasteiger partial charge in [-0.25, -0.2) is 0 Å².